The Morgan fingerprint density at radius 3 is 2.44 bits per heavy atom. The number of ether oxygens (including phenoxy) is 1. The van der Waals surface area contributed by atoms with E-state index in [9.17, 15) is 0 Å². The lowest BCUT2D eigenvalue weighted by atomic mass is 10.2. The molecule has 2 aromatic carbocycles. The summed E-state index contributed by atoms with van der Waals surface area (Å²) >= 11 is 0. The molecule has 0 N–H and O–H groups in total. The van der Waals surface area contributed by atoms with Crippen LogP contribution in [0.2, 0.25) is 0 Å². The Balaban J connectivity index is 2.21. The van der Waals surface area contributed by atoms with Crippen molar-refractivity contribution in [2.45, 2.75) is 6.92 Å². The first-order valence-electron chi connectivity index (χ1n) is 5.02. The van der Waals surface area contributed by atoms with E-state index < -0.39 is 0 Å². The van der Waals surface area contributed by atoms with Crippen molar-refractivity contribution in [3.8, 4) is 17.6 Å². The molecule has 0 bridgehead atoms. The first-order chi connectivity index (χ1) is 7.78. The molecule has 2 nitrogen and oxygen atoms in total. The van der Waals surface area contributed by atoms with Crippen LogP contribution < -0.4 is 4.74 Å². The van der Waals surface area contributed by atoms with Crippen molar-refractivity contribution in [3.05, 3.63) is 59.7 Å². The number of nitrogens with zero attached hydrogens (tertiary/aromatic N) is 1. The van der Waals surface area contributed by atoms with Gasteiger partial charge in [-0.2, -0.15) is 5.26 Å². The fraction of sp³-hybridized carbons (Fsp3) is 0.0714. The second kappa shape index (κ2) is 4.50. The summed E-state index contributed by atoms with van der Waals surface area (Å²) in [5.74, 6) is 1.46. The normalized spacial score (nSPS) is 9.50. The molecule has 0 unspecified atom stereocenters. The molecule has 16 heavy (non-hydrogen) atoms. The van der Waals surface area contributed by atoms with Gasteiger partial charge in [-0.15, -0.1) is 0 Å². The Bertz CT molecular complexity index is 523. The summed E-state index contributed by atoms with van der Waals surface area (Å²) in [5, 5.41) is 8.76. The maximum absolute atomic E-state index is 8.76. The molecule has 0 atom stereocenters. The van der Waals surface area contributed by atoms with Crippen LogP contribution in [0.5, 0.6) is 11.5 Å². The molecule has 0 saturated heterocycles. The molecule has 2 aromatic rings. The van der Waals surface area contributed by atoms with Gasteiger partial charge in [0.05, 0.1) is 11.6 Å². The van der Waals surface area contributed by atoms with Crippen LogP contribution >= 0.6 is 0 Å². The molecule has 0 aliphatic carbocycles. The van der Waals surface area contributed by atoms with Crippen molar-refractivity contribution in [3.63, 3.8) is 0 Å². The van der Waals surface area contributed by atoms with Crippen molar-refractivity contribution in [2.24, 2.45) is 0 Å². The monoisotopic (exact) mass is 209 g/mol. The molecule has 0 aliphatic rings. The van der Waals surface area contributed by atoms with Crippen LogP contribution in [0.3, 0.4) is 0 Å². The summed E-state index contributed by atoms with van der Waals surface area (Å²) in [7, 11) is 0. The highest BCUT2D eigenvalue weighted by molar-refractivity contribution is 5.39. The van der Waals surface area contributed by atoms with Crippen molar-refractivity contribution >= 4 is 0 Å². The Labute approximate surface area is 94.7 Å². The first-order valence-corrected chi connectivity index (χ1v) is 5.02. The molecular formula is C14H11NO. The number of nitriles is 1. The average molecular weight is 209 g/mol. The van der Waals surface area contributed by atoms with Gasteiger partial charge in [-0.25, -0.2) is 0 Å². The van der Waals surface area contributed by atoms with Crippen LogP contribution in [0.1, 0.15) is 11.1 Å². The van der Waals surface area contributed by atoms with Crippen LogP contribution in [0.15, 0.2) is 48.5 Å². The molecule has 78 valence electrons. The Kier molecular flexibility index (Phi) is 2.88. The van der Waals surface area contributed by atoms with Gasteiger partial charge in [0.2, 0.25) is 0 Å². The van der Waals surface area contributed by atoms with Gasteiger partial charge in [0, 0.05) is 0 Å². The zero-order valence-electron chi connectivity index (χ0n) is 8.97. The first kappa shape index (κ1) is 10.3. The minimum atomic E-state index is 0.601. The summed E-state index contributed by atoms with van der Waals surface area (Å²) in [4.78, 5) is 0. The van der Waals surface area contributed by atoms with Crippen LogP contribution in [-0.4, -0.2) is 0 Å². The van der Waals surface area contributed by atoms with E-state index in [-0.39, 0.29) is 0 Å². The fourth-order valence-electron chi connectivity index (χ4n) is 1.37. The molecule has 0 aliphatic heterocycles. The minimum Gasteiger partial charge on any atom is -0.457 e. The molecule has 0 saturated carbocycles. The average Bonchev–Trinajstić information content (AvgIpc) is 2.32. The lowest BCUT2D eigenvalue weighted by Crippen LogP contribution is -1.85. The Hall–Kier alpha value is -2.27. The molecule has 0 spiro atoms. The minimum absolute atomic E-state index is 0.601. The van der Waals surface area contributed by atoms with E-state index in [1.165, 1.54) is 5.56 Å². The predicted molar refractivity (Wildman–Crippen MR) is 62.4 cm³/mol. The zero-order valence-corrected chi connectivity index (χ0v) is 8.97. The molecule has 0 radical (unpaired) electrons. The van der Waals surface area contributed by atoms with Gasteiger partial charge < -0.3 is 4.74 Å². The molecule has 0 fully saturated rings. The van der Waals surface area contributed by atoms with Crippen molar-refractivity contribution < 1.29 is 4.74 Å². The van der Waals surface area contributed by atoms with Gasteiger partial charge in [0.15, 0.2) is 0 Å². The summed E-state index contributed by atoms with van der Waals surface area (Å²) < 4.78 is 5.62. The lowest BCUT2D eigenvalue weighted by molar-refractivity contribution is 0.482. The third-order valence-corrected chi connectivity index (χ3v) is 2.22. The topological polar surface area (TPSA) is 33.0 Å². The number of rotatable bonds is 2. The van der Waals surface area contributed by atoms with E-state index in [4.69, 9.17) is 10.00 Å². The van der Waals surface area contributed by atoms with Crippen molar-refractivity contribution in [1.29, 1.82) is 5.26 Å². The molecule has 2 heteroatoms. The summed E-state index contributed by atoms with van der Waals surface area (Å²) in [6, 6.07) is 17.0. The molecule has 0 amide bonds. The standard InChI is InChI=1S/C14H11NO/c1-11-5-7-13(8-6-11)16-14-4-2-3-12(9-14)10-15/h2-9H,1H3. The maximum atomic E-state index is 8.76. The quantitative estimate of drug-likeness (QED) is 0.756. The fourth-order valence-corrected chi connectivity index (χ4v) is 1.37. The van der Waals surface area contributed by atoms with Gasteiger partial charge in [0.1, 0.15) is 11.5 Å². The van der Waals surface area contributed by atoms with E-state index in [0.717, 1.165) is 5.75 Å². The molecule has 0 heterocycles. The summed E-state index contributed by atoms with van der Waals surface area (Å²) in [6.07, 6.45) is 0. The predicted octanol–water partition coefficient (Wildman–Crippen LogP) is 3.66. The highest BCUT2D eigenvalue weighted by atomic mass is 16.5. The van der Waals surface area contributed by atoms with E-state index in [0.29, 0.717) is 11.3 Å². The summed E-state index contributed by atoms with van der Waals surface area (Å²) in [5.41, 5.74) is 1.79. The number of hydrogen-bond acceptors (Lipinski definition) is 2. The zero-order chi connectivity index (χ0) is 11.4. The van der Waals surface area contributed by atoms with Crippen molar-refractivity contribution in [2.75, 3.05) is 0 Å². The second-order valence-electron chi connectivity index (χ2n) is 3.55. The van der Waals surface area contributed by atoms with E-state index in [1.807, 2.05) is 43.3 Å². The van der Waals surface area contributed by atoms with Crippen LogP contribution in [0, 0.1) is 18.3 Å². The third-order valence-electron chi connectivity index (χ3n) is 2.22. The third kappa shape index (κ3) is 2.40. The van der Waals surface area contributed by atoms with Gasteiger partial charge in [0.25, 0.3) is 0 Å². The van der Waals surface area contributed by atoms with Gasteiger partial charge in [-0.05, 0) is 37.3 Å². The van der Waals surface area contributed by atoms with Crippen molar-refractivity contribution in [1.82, 2.24) is 0 Å². The van der Waals surface area contributed by atoms with Crippen LogP contribution in [0.25, 0.3) is 0 Å². The van der Waals surface area contributed by atoms with E-state index >= 15 is 0 Å². The molecule has 0 aromatic heterocycles. The van der Waals surface area contributed by atoms with E-state index in [1.54, 1.807) is 12.1 Å². The number of hydrogen-bond donors (Lipinski definition) is 0. The van der Waals surface area contributed by atoms with Gasteiger partial charge in [-0.1, -0.05) is 23.8 Å². The molecular weight excluding hydrogens is 198 g/mol. The number of benzene rings is 2. The van der Waals surface area contributed by atoms with E-state index in [2.05, 4.69) is 6.07 Å². The second-order valence-corrected chi connectivity index (χ2v) is 3.55. The Morgan fingerprint density at radius 2 is 1.75 bits per heavy atom. The van der Waals surface area contributed by atoms with Crippen LogP contribution in [-0.2, 0) is 0 Å². The largest absolute Gasteiger partial charge is 0.457 e. The molecule has 2 rings (SSSR count). The maximum Gasteiger partial charge on any atom is 0.128 e. The Morgan fingerprint density at radius 1 is 1.00 bits per heavy atom. The summed E-state index contributed by atoms with van der Waals surface area (Å²) in [6.45, 7) is 2.03. The SMILES string of the molecule is Cc1ccc(Oc2cccc(C#N)c2)cc1. The highest BCUT2D eigenvalue weighted by Crippen LogP contribution is 2.22. The van der Waals surface area contributed by atoms with Gasteiger partial charge >= 0.3 is 0 Å². The smallest absolute Gasteiger partial charge is 0.128 e. The number of aryl methyl sites for hydroxylation is 1. The van der Waals surface area contributed by atoms with Gasteiger partial charge in [-0.3, -0.25) is 0 Å². The lowest BCUT2D eigenvalue weighted by Gasteiger charge is -2.05. The highest BCUT2D eigenvalue weighted by Gasteiger charge is 1.98. The van der Waals surface area contributed by atoms with Crippen LogP contribution in [0.4, 0.5) is 0 Å².